The van der Waals surface area contributed by atoms with Crippen molar-refractivity contribution in [2.45, 2.75) is 135 Å². The van der Waals surface area contributed by atoms with Crippen molar-refractivity contribution < 1.29 is 42.7 Å². The Morgan fingerprint density at radius 1 is 0.643 bits per heavy atom. The molecule has 0 heterocycles. The van der Waals surface area contributed by atoms with Gasteiger partial charge in [0.05, 0.1) is 19.3 Å². The van der Waals surface area contributed by atoms with Crippen LogP contribution >= 0.6 is 7.82 Å². The lowest BCUT2D eigenvalue weighted by Crippen LogP contribution is -2.29. The minimum absolute atomic E-state index is 0.0236. The van der Waals surface area contributed by atoms with Gasteiger partial charge in [-0.25, -0.2) is 4.57 Å². The number of rotatable bonds is 36. The van der Waals surface area contributed by atoms with E-state index in [9.17, 15) is 24.2 Å². The van der Waals surface area contributed by atoms with Crippen LogP contribution in [0.15, 0.2) is 109 Å². The maximum Gasteiger partial charge on any atom is 0.472 e. The van der Waals surface area contributed by atoms with E-state index >= 15 is 0 Å². The quantitative estimate of drug-likeness (QED) is 0.0183. The van der Waals surface area contributed by atoms with E-state index in [0.29, 0.717) is 25.7 Å². The Labute approximate surface area is 338 Å². The Hall–Kier alpha value is -3.37. The Morgan fingerprint density at radius 3 is 1.70 bits per heavy atom. The van der Waals surface area contributed by atoms with Crippen molar-refractivity contribution in [2.75, 3.05) is 26.4 Å². The first-order valence-electron chi connectivity index (χ1n) is 20.5. The van der Waals surface area contributed by atoms with Gasteiger partial charge < -0.3 is 25.2 Å². The molecule has 0 rings (SSSR count). The van der Waals surface area contributed by atoms with Gasteiger partial charge in [0.2, 0.25) is 0 Å². The Bertz CT molecular complexity index is 1300. The number of phosphoric ester groups is 1. The molecule has 0 fully saturated rings. The first-order valence-corrected chi connectivity index (χ1v) is 22.0. The molecule has 0 aromatic heterocycles. The van der Waals surface area contributed by atoms with Gasteiger partial charge in [-0.1, -0.05) is 142 Å². The zero-order valence-electron chi connectivity index (χ0n) is 34.2. The summed E-state index contributed by atoms with van der Waals surface area (Å²) in [4.78, 5) is 34.8. The number of hydrogen-bond acceptors (Lipinski definition) is 9. The molecule has 0 radical (unpaired) electrons. The highest BCUT2D eigenvalue weighted by molar-refractivity contribution is 7.47. The van der Waals surface area contributed by atoms with Gasteiger partial charge in [-0.05, 0) is 77.0 Å². The summed E-state index contributed by atoms with van der Waals surface area (Å²) in [6.07, 6.45) is 48.9. The maximum atomic E-state index is 12.5. The van der Waals surface area contributed by atoms with E-state index in [-0.39, 0.29) is 38.7 Å². The molecule has 10 nitrogen and oxygen atoms in total. The Kier molecular flexibility index (Phi) is 37.5. The summed E-state index contributed by atoms with van der Waals surface area (Å²) in [5.74, 6) is -1.00. The molecule has 0 aromatic rings. The van der Waals surface area contributed by atoms with Crippen molar-refractivity contribution in [1.29, 1.82) is 0 Å². The smallest absolute Gasteiger partial charge is 0.462 e. The summed E-state index contributed by atoms with van der Waals surface area (Å²) >= 11 is 0. The molecule has 11 heteroatoms. The van der Waals surface area contributed by atoms with Gasteiger partial charge in [0.1, 0.15) is 6.61 Å². The molecule has 56 heavy (non-hydrogen) atoms. The monoisotopic (exact) mass is 801 g/mol. The van der Waals surface area contributed by atoms with Crippen LogP contribution in [-0.2, 0) is 32.7 Å². The molecule has 0 spiro atoms. The number of hydrogen-bond donors (Lipinski definition) is 3. The number of carbonyl (C=O) groups excluding carboxylic acids is 2. The number of ether oxygens (including phenoxy) is 2. The molecule has 316 valence electrons. The first kappa shape index (κ1) is 52.6. The van der Waals surface area contributed by atoms with E-state index < -0.39 is 32.5 Å². The van der Waals surface area contributed by atoms with Gasteiger partial charge in [-0.3, -0.25) is 18.6 Å². The fourth-order valence-electron chi connectivity index (χ4n) is 4.71. The van der Waals surface area contributed by atoms with Crippen molar-refractivity contribution in [3.63, 3.8) is 0 Å². The van der Waals surface area contributed by atoms with Gasteiger partial charge >= 0.3 is 19.8 Å². The maximum absolute atomic E-state index is 12.5. The fraction of sp³-hybridized carbons (Fsp3) is 0.556. The highest BCUT2D eigenvalue weighted by Crippen LogP contribution is 2.43. The van der Waals surface area contributed by atoms with Gasteiger partial charge in [0.25, 0.3) is 0 Å². The molecule has 0 aliphatic carbocycles. The largest absolute Gasteiger partial charge is 0.472 e. The van der Waals surface area contributed by atoms with Crippen molar-refractivity contribution >= 4 is 19.8 Å². The summed E-state index contributed by atoms with van der Waals surface area (Å²) in [7, 11) is -4.42. The van der Waals surface area contributed by atoms with Crippen molar-refractivity contribution in [2.24, 2.45) is 5.73 Å². The van der Waals surface area contributed by atoms with Crippen LogP contribution in [0.3, 0.4) is 0 Å². The molecule has 0 aliphatic heterocycles. The molecule has 0 aliphatic rings. The second kappa shape index (κ2) is 39.8. The number of carbonyl (C=O) groups is 2. The van der Waals surface area contributed by atoms with Gasteiger partial charge in [-0.15, -0.1) is 0 Å². The average Bonchev–Trinajstić information content (AvgIpc) is 3.18. The highest BCUT2D eigenvalue weighted by atomic mass is 31.2. The molecule has 3 atom stereocenters. The lowest BCUT2D eigenvalue weighted by Gasteiger charge is -2.19. The third kappa shape index (κ3) is 38.9. The Morgan fingerprint density at radius 2 is 1.16 bits per heavy atom. The number of esters is 2. The van der Waals surface area contributed by atoms with Gasteiger partial charge in [0.15, 0.2) is 6.10 Å². The van der Waals surface area contributed by atoms with Crippen LogP contribution in [0.1, 0.15) is 123 Å². The zero-order chi connectivity index (χ0) is 41.2. The minimum atomic E-state index is -4.42. The summed E-state index contributed by atoms with van der Waals surface area (Å²) in [6.45, 7) is 3.31. The third-order valence-corrected chi connectivity index (χ3v) is 8.73. The van der Waals surface area contributed by atoms with E-state index in [0.717, 1.165) is 70.6 Å². The number of phosphoric acid groups is 1. The molecular formula is C45H72NO9P. The normalized spacial score (nSPS) is 15.0. The van der Waals surface area contributed by atoms with E-state index in [1.165, 1.54) is 0 Å². The second-order valence-corrected chi connectivity index (χ2v) is 14.4. The Balaban J connectivity index is 4.45. The van der Waals surface area contributed by atoms with Crippen molar-refractivity contribution in [3.05, 3.63) is 109 Å². The zero-order valence-corrected chi connectivity index (χ0v) is 35.1. The van der Waals surface area contributed by atoms with Gasteiger partial charge in [-0.2, -0.15) is 0 Å². The van der Waals surface area contributed by atoms with E-state index in [4.69, 9.17) is 24.3 Å². The number of unbranched alkanes of at least 4 members (excludes halogenated alkanes) is 4. The average molecular weight is 802 g/mol. The van der Waals surface area contributed by atoms with Crippen molar-refractivity contribution in [1.82, 2.24) is 0 Å². The van der Waals surface area contributed by atoms with E-state index in [1.807, 2.05) is 48.6 Å². The molecule has 4 N–H and O–H groups in total. The second-order valence-electron chi connectivity index (χ2n) is 13.0. The molecule has 0 bridgehead atoms. The lowest BCUT2D eigenvalue weighted by molar-refractivity contribution is -0.161. The number of allylic oxidation sites excluding steroid dienone is 17. The molecule has 1 unspecified atom stereocenters. The standard InChI is InChI=1S/C45H72NO9P/c1-3-5-7-8-9-10-11-12-13-14-15-16-19-23-26-29-33-37-45(49)55-43(41-54-56(50,51)53-39-38-46)40-52-44(48)36-32-28-25-22-20-17-18-21-24-27-31-35-42(47)34-30-6-4-2/h5,7,9-10,12-13,15-18,22-27,31,35,42-43,47H,3-4,6,8,11,14,19-21,28-30,32-34,36-41,46H2,1-2H3,(H,50,51)/b7-5-,10-9-,13-12-,16-15-,18-17-,25-22-,26-23-,27-24-,35-31+/t42-,43-/m1/s1. The molecular weight excluding hydrogens is 729 g/mol. The molecule has 0 saturated heterocycles. The summed E-state index contributed by atoms with van der Waals surface area (Å²) < 4.78 is 32.6. The SMILES string of the molecule is CC/C=C\C/C=C\C/C=C\C/C=C\C/C=C\CCCC(=O)O[C@H](COC(=O)CCC/C=C\C/C=C\C/C=C\C=C\[C@H](O)CCCCC)COP(=O)(O)OCCN. The fourth-order valence-corrected chi connectivity index (χ4v) is 5.48. The van der Waals surface area contributed by atoms with Crippen LogP contribution in [0, 0.1) is 0 Å². The number of nitrogens with two attached hydrogens (primary N) is 1. The topological polar surface area (TPSA) is 155 Å². The highest BCUT2D eigenvalue weighted by Gasteiger charge is 2.25. The lowest BCUT2D eigenvalue weighted by atomic mass is 10.1. The predicted molar refractivity (Wildman–Crippen MR) is 230 cm³/mol. The predicted octanol–water partition coefficient (Wildman–Crippen LogP) is 10.6. The van der Waals surface area contributed by atoms with Crippen LogP contribution in [0.5, 0.6) is 0 Å². The number of aliphatic hydroxyl groups excluding tert-OH is 1. The van der Waals surface area contributed by atoms with Crippen molar-refractivity contribution in [3.8, 4) is 0 Å². The van der Waals surface area contributed by atoms with Crippen LogP contribution in [0.4, 0.5) is 0 Å². The third-order valence-electron chi connectivity index (χ3n) is 7.75. The van der Waals surface area contributed by atoms with Gasteiger partial charge in [0, 0.05) is 19.4 Å². The van der Waals surface area contributed by atoms with Crippen LogP contribution in [-0.4, -0.2) is 60.5 Å². The number of aliphatic hydroxyl groups is 1. The minimum Gasteiger partial charge on any atom is -0.462 e. The summed E-state index contributed by atoms with van der Waals surface area (Å²) in [6, 6.07) is 0. The van der Waals surface area contributed by atoms with Crippen LogP contribution in [0.25, 0.3) is 0 Å². The van der Waals surface area contributed by atoms with E-state index in [2.05, 4.69) is 74.6 Å². The summed E-state index contributed by atoms with van der Waals surface area (Å²) in [5, 5.41) is 9.88. The molecule has 0 saturated carbocycles. The molecule has 0 aromatic carbocycles. The molecule has 0 amide bonds. The van der Waals surface area contributed by atoms with Crippen LogP contribution in [0.2, 0.25) is 0 Å². The summed E-state index contributed by atoms with van der Waals surface area (Å²) in [5.41, 5.74) is 5.33. The first-order chi connectivity index (χ1) is 27.2. The van der Waals surface area contributed by atoms with Crippen LogP contribution < -0.4 is 5.73 Å². The van der Waals surface area contributed by atoms with E-state index in [1.54, 1.807) is 0 Å².